The van der Waals surface area contributed by atoms with E-state index in [1.54, 1.807) is 0 Å². The summed E-state index contributed by atoms with van der Waals surface area (Å²) in [4.78, 5) is 33.9. The summed E-state index contributed by atoms with van der Waals surface area (Å²) in [7, 11) is 1.24. The zero-order valence-electron chi connectivity index (χ0n) is 11.0. The number of methoxy groups -OCH3 is 1. The van der Waals surface area contributed by atoms with E-state index in [0.717, 1.165) is 19.4 Å². The summed E-state index contributed by atoms with van der Waals surface area (Å²) in [6, 6.07) is -1.40. The van der Waals surface area contributed by atoms with Crippen LogP contribution in [-0.4, -0.2) is 48.7 Å². The highest BCUT2D eigenvalue weighted by Crippen LogP contribution is 2.08. The Hall–Kier alpha value is -1.63. The van der Waals surface area contributed by atoms with Crippen molar-refractivity contribution in [3.63, 3.8) is 0 Å². The molecular weight excluding hydrogens is 252 g/mol. The quantitative estimate of drug-likeness (QED) is 0.571. The van der Waals surface area contributed by atoms with Gasteiger partial charge < -0.3 is 20.5 Å². The molecule has 0 aliphatic carbocycles. The highest BCUT2D eigenvalue weighted by molar-refractivity contribution is 5.87. The van der Waals surface area contributed by atoms with Crippen LogP contribution in [0.5, 0.6) is 0 Å². The molecule has 1 fully saturated rings. The van der Waals surface area contributed by atoms with Crippen LogP contribution in [0.1, 0.15) is 32.1 Å². The van der Waals surface area contributed by atoms with Gasteiger partial charge in [-0.2, -0.15) is 0 Å². The molecule has 0 radical (unpaired) electrons. The van der Waals surface area contributed by atoms with Gasteiger partial charge in [-0.25, -0.2) is 4.79 Å². The highest BCUT2D eigenvalue weighted by Gasteiger charge is 2.26. The molecule has 3 N–H and O–H groups in total. The van der Waals surface area contributed by atoms with Gasteiger partial charge in [0.15, 0.2) is 0 Å². The van der Waals surface area contributed by atoms with Crippen molar-refractivity contribution in [2.24, 2.45) is 0 Å². The summed E-state index contributed by atoms with van der Waals surface area (Å²) in [5.74, 6) is -1.96. The smallest absolute Gasteiger partial charge is 0.326 e. The molecule has 19 heavy (non-hydrogen) atoms. The lowest BCUT2D eigenvalue weighted by atomic mass is 10.0. The van der Waals surface area contributed by atoms with Crippen molar-refractivity contribution >= 4 is 17.8 Å². The number of aliphatic carboxylic acids is 1. The largest absolute Gasteiger partial charge is 0.480 e. The Bertz CT molecular complexity index is 339. The first-order valence-electron chi connectivity index (χ1n) is 6.38. The average molecular weight is 272 g/mol. The van der Waals surface area contributed by atoms with Crippen LogP contribution in [0.4, 0.5) is 0 Å². The van der Waals surface area contributed by atoms with Gasteiger partial charge in [0, 0.05) is 6.42 Å². The van der Waals surface area contributed by atoms with Crippen LogP contribution < -0.4 is 10.6 Å². The lowest BCUT2D eigenvalue weighted by Crippen LogP contribution is -2.51. The molecule has 7 nitrogen and oxygen atoms in total. The van der Waals surface area contributed by atoms with E-state index in [1.165, 1.54) is 7.11 Å². The second-order valence-corrected chi connectivity index (χ2v) is 4.52. The number of carboxylic acids is 1. The Morgan fingerprint density at radius 3 is 2.68 bits per heavy atom. The number of amides is 1. The van der Waals surface area contributed by atoms with Crippen molar-refractivity contribution in [1.29, 1.82) is 0 Å². The molecule has 1 aliphatic rings. The fourth-order valence-corrected chi connectivity index (χ4v) is 1.97. The van der Waals surface area contributed by atoms with E-state index in [2.05, 4.69) is 15.4 Å². The van der Waals surface area contributed by atoms with Crippen LogP contribution >= 0.6 is 0 Å². The molecular formula is C12H20N2O5. The number of hydrogen-bond donors (Lipinski definition) is 3. The third-order valence-electron chi connectivity index (χ3n) is 3.11. The van der Waals surface area contributed by atoms with Crippen LogP contribution in [0, 0.1) is 0 Å². The van der Waals surface area contributed by atoms with Crippen LogP contribution in [0.15, 0.2) is 0 Å². The Kier molecular flexibility index (Phi) is 6.27. The normalized spacial score (nSPS) is 20.4. The van der Waals surface area contributed by atoms with Gasteiger partial charge in [0.2, 0.25) is 5.91 Å². The molecule has 0 aromatic rings. The molecule has 1 rings (SSSR count). The highest BCUT2D eigenvalue weighted by atomic mass is 16.5. The van der Waals surface area contributed by atoms with E-state index in [9.17, 15) is 14.4 Å². The summed E-state index contributed by atoms with van der Waals surface area (Å²) in [5, 5.41) is 14.5. The lowest BCUT2D eigenvalue weighted by molar-refractivity contribution is -0.144. The van der Waals surface area contributed by atoms with E-state index in [0.29, 0.717) is 6.42 Å². The molecule has 108 valence electrons. The number of piperidine rings is 1. The second-order valence-electron chi connectivity index (χ2n) is 4.52. The zero-order valence-corrected chi connectivity index (χ0v) is 11.0. The molecule has 1 unspecified atom stereocenters. The van der Waals surface area contributed by atoms with Gasteiger partial charge in [-0.05, 0) is 25.8 Å². The van der Waals surface area contributed by atoms with Gasteiger partial charge in [-0.15, -0.1) is 0 Å². The van der Waals surface area contributed by atoms with E-state index in [1.807, 2.05) is 0 Å². The molecule has 1 heterocycles. The second kappa shape index (κ2) is 7.73. The minimum Gasteiger partial charge on any atom is -0.480 e. The number of rotatable bonds is 6. The van der Waals surface area contributed by atoms with E-state index < -0.39 is 18.0 Å². The molecule has 1 aliphatic heterocycles. The monoisotopic (exact) mass is 272 g/mol. The number of nitrogens with one attached hydrogen (secondary N) is 2. The van der Waals surface area contributed by atoms with Crippen LogP contribution in [0.25, 0.3) is 0 Å². The van der Waals surface area contributed by atoms with Gasteiger partial charge in [-0.3, -0.25) is 9.59 Å². The number of esters is 1. The standard InChI is InChI=1S/C12H20N2O5/c1-19-10(15)6-5-9(12(17)18)14-11(16)8-4-2-3-7-13-8/h8-9,13H,2-7H2,1H3,(H,14,16)(H,17,18)/t8-,9?/m1/s1. The minimum atomic E-state index is -1.15. The predicted octanol–water partition coefficient (Wildman–Crippen LogP) is -0.349. The maximum absolute atomic E-state index is 11.9. The zero-order chi connectivity index (χ0) is 14.3. The molecule has 2 atom stereocenters. The van der Waals surface area contributed by atoms with E-state index in [4.69, 9.17) is 5.11 Å². The number of carboxylic acid groups (broad SMARTS) is 1. The van der Waals surface area contributed by atoms with E-state index in [-0.39, 0.29) is 24.8 Å². The molecule has 0 aromatic carbocycles. The van der Waals surface area contributed by atoms with Gasteiger partial charge >= 0.3 is 11.9 Å². The fraction of sp³-hybridized carbons (Fsp3) is 0.750. The van der Waals surface area contributed by atoms with E-state index >= 15 is 0 Å². The summed E-state index contributed by atoms with van der Waals surface area (Å²) in [6.45, 7) is 0.762. The minimum absolute atomic E-state index is 0.0282. The van der Waals surface area contributed by atoms with Crippen molar-refractivity contribution in [3.05, 3.63) is 0 Å². The van der Waals surface area contributed by atoms with Crippen molar-refractivity contribution in [2.75, 3.05) is 13.7 Å². The molecule has 0 spiro atoms. The van der Waals surface area contributed by atoms with Gasteiger partial charge in [0.25, 0.3) is 0 Å². The predicted molar refractivity (Wildman–Crippen MR) is 66.5 cm³/mol. The Morgan fingerprint density at radius 2 is 2.16 bits per heavy atom. The van der Waals surface area contributed by atoms with Gasteiger partial charge in [0.1, 0.15) is 6.04 Å². The third-order valence-corrected chi connectivity index (χ3v) is 3.11. The first-order valence-corrected chi connectivity index (χ1v) is 6.38. The summed E-state index contributed by atoms with van der Waals surface area (Å²) in [5.41, 5.74) is 0. The number of carbonyl (C=O) groups excluding carboxylic acids is 2. The summed E-state index contributed by atoms with van der Waals surface area (Å²) < 4.78 is 4.44. The summed E-state index contributed by atoms with van der Waals surface area (Å²) >= 11 is 0. The maximum atomic E-state index is 11.9. The molecule has 0 bridgehead atoms. The fourth-order valence-electron chi connectivity index (χ4n) is 1.97. The number of ether oxygens (including phenoxy) is 1. The van der Waals surface area contributed by atoms with Crippen LogP contribution in [0.3, 0.4) is 0 Å². The maximum Gasteiger partial charge on any atom is 0.326 e. The lowest BCUT2D eigenvalue weighted by Gasteiger charge is -2.24. The van der Waals surface area contributed by atoms with Crippen LogP contribution in [-0.2, 0) is 19.1 Å². The van der Waals surface area contributed by atoms with Gasteiger partial charge in [0.05, 0.1) is 13.2 Å². The van der Waals surface area contributed by atoms with Crippen molar-refractivity contribution in [1.82, 2.24) is 10.6 Å². The molecule has 1 saturated heterocycles. The van der Waals surface area contributed by atoms with Gasteiger partial charge in [-0.1, -0.05) is 6.42 Å². The third kappa shape index (κ3) is 5.25. The van der Waals surface area contributed by atoms with Crippen molar-refractivity contribution in [2.45, 2.75) is 44.2 Å². The average Bonchev–Trinajstić information content (AvgIpc) is 2.43. The Labute approximate surface area is 111 Å². The van der Waals surface area contributed by atoms with Crippen molar-refractivity contribution < 1.29 is 24.2 Å². The SMILES string of the molecule is COC(=O)CCC(NC(=O)[C@H]1CCCCN1)C(=O)O. The Balaban J connectivity index is 2.45. The topological polar surface area (TPSA) is 105 Å². The number of carbonyl (C=O) groups is 3. The molecule has 0 aromatic heterocycles. The number of hydrogen-bond acceptors (Lipinski definition) is 5. The van der Waals surface area contributed by atoms with Crippen molar-refractivity contribution in [3.8, 4) is 0 Å². The molecule has 1 amide bonds. The first kappa shape index (κ1) is 15.4. The Morgan fingerprint density at radius 1 is 1.42 bits per heavy atom. The molecule has 7 heteroatoms. The first-order chi connectivity index (χ1) is 9.04. The molecule has 0 saturated carbocycles. The summed E-state index contributed by atoms with van der Waals surface area (Å²) in [6.07, 6.45) is 2.67. The van der Waals surface area contributed by atoms with Crippen LogP contribution in [0.2, 0.25) is 0 Å².